The lowest BCUT2D eigenvalue weighted by Crippen LogP contribution is -2.49. The number of allylic oxidation sites excluding steroid dienone is 1. The zero-order valence-electron chi connectivity index (χ0n) is 26.7. The monoisotopic (exact) mass is 681 g/mol. The standard InChI is InChI=1S/C36H41ClFN3O5S/c1-23-6-5-15-36(43,31-14-16-39-20-32(31)38)30-12-9-27(30)21-41-17-4-3-7-25-18-29(37)11-8-28(25)22-46-34-13-10-26(19-33(34)41)35(42)40-47(44,45)24(23)2/h5,8,10-11,13-16,18-20,23-24,27,30,43H,3-4,6-7,9,12,17,21-22H2,1-2H3,(H,40,42)/b15-5+/t23-,24+,27-,30+,36+/m0/s1. The van der Waals surface area contributed by atoms with Crippen LogP contribution in [0, 0.1) is 23.6 Å². The van der Waals surface area contributed by atoms with Crippen molar-refractivity contribution < 1.29 is 27.4 Å². The van der Waals surface area contributed by atoms with E-state index in [0.29, 0.717) is 49.0 Å². The summed E-state index contributed by atoms with van der Waals surface area (Å²) >= 11 is 6.33. The van der Waals surface area contributed by atoms with Gasteiger partial charge in [-0.15, -0.1) is 0 Å². The highest BCUT2D eigenvalue weighted by molar-refractivity contribution is 7.90. The molecule has 2 aliphatic heterocycles. The SMILES string of the molecule is C[C@@H]1[C@@H](C)C/C=C/[C@](O)(c2ccncc2F)[C@@H]2CC[C@H]2CN2CCCCc3cc(Cl)ccc3COc3ccc(cc32)C(=O)NS1(=O)=O. The first-order chi connectivity index (χ1) is 22.5. The quantitative estimate of drug-likeness (QED) is 0.280. The summed E-state index contributed by atoms with van der Waals surface area (Å²) in [5.41, 5.74) is 1.54. The molecule has 2 N–H and O–H groups in total. The minimum absolute atomic E-state index is 0.00619. The fourth-order valence-corrected chi connectivity index (χ4v) is 8.56. The summed E-state index contributed by atoms with van der Waals surface area (Å²) in [4.78, 5) is 19.5. The van der Waals surface area contributed by atoms with E-state index in [1.807, 2.05) is 18.2 Å². The van der Waals surface area contributed by atoms with Crippen LogP contribution in [-0.4, -0.2) is 42.8 Å². The number of rotatable bonds is 1. The summed E-state index contributed by atoms with van der Waals surface area (Å²) in [7, 11) is -4.05. The number of sulfonamides is 1. The molecule has 3 aromatic rings. The molecule has 1 aromatic heterocycles. The fraction of sp³-hybridized carbons (Fsp3) is 0.444. The van der Waals surface area contributed by atoms with Gasteiger partial charge in [-0.2, -0.15) is 0 Å². The summed E-state index contributed by atoms with van der Waals surface area (Å²) in [6.45, 7) is 4.79. The van der Waals surface area contributed by atoms with Crippen molar-refractivity contribution in [2.24, 2.45) is 17.8 Å². The largest absolute Gasteiger partial charge is 0.487 e. The molecule has 5 atom stereocenters. The third kappa shape index (κ3) is 6.91. The number of ether oxygens (including phenoxy) is 1. The maximum atomic E-state index is 15.3. The molecule has 0 radical (unpaired) electrons. The van der Waals surface area contributed by atoms with Gasteiger partial charge in [0.25, 0.3) is 5.91 Å². The van der Waals surface area contributed by atoms with Gasteiger partial charge in [0.1, 0.15) is 23.8 Å². The maximum absolute atomic E-state index is 15.3. The van der Waals surface area contributed by atoms with Gasteiger partial charge in [0.05, 0.1) is 17.1 Å². The topological polar surface area (TPSA) is 109 Å². The molecule has 3 heterocycles. The van der Waals surface area contributed by atoms with Crippen molar-refractivity contribution in [2.75, 3.05) is 18.0 Å². The van der Waals surface area contributed by atoms with Crippen LogP contribution in [0.2, 0.25) is 5.02 Å². The number of aromatic nitrogens is 1. The van der Waals surface area contributed by atoms with E-state index in [4.69, 9.17) is 16.3 Å². The molecule has 2 bridgehead atoms. The number of amides is 1. The summed E-state index contributed by atoms with van der Waals surface area (Å²) in [5, 5.41) is 12.1. The summed E-state index contributed by atoms with van der Waals surface area (Å²) in [6.07, 6.45) is 10.3. The number of pyridine rings is 1. The van der Waals surface area contributed by atoms with Crippen LogP contribution in [0.5, 0.6) is 5.75 Å². The van der Waals surface area contributed by atoms with Crippen LogP contribution in [0.4, 0.5) is 10.1 Å². The van der Waals surface area contributed by atoms with E-state index < -0.39 is 38.5 Å². The second kappa shape index (κ2) is 13.6. The molecular weight excluding hydrogens is 641 g/mol. The molecule has 1 saturated carbocycles. The Morgan fingerprint density at radius 2 is 1.94 bits per heavy atom. The Morgan fingerprint density at radius 3 is 2.70 bits per heavy atom. The van der Waals surface area contributed by atoms with Crippen LogP contribution in [0.15, 0.2) is 67.0 Å². The van der Waals surface area contributed by atoms with E-state index in [0.717, 1.165) is 43.0 Å². The molecule has 47 heavy (non-hydrogen) atoms. The molecule has 250 valence electrons. The van der Waals surface area contributed by atoms with Crippen molar-refractivity contribution in [1.29, 1.82) is 0 Å². The van der Waals surface area contributed by atoms with Crippen molar-refractivity contribution >= 4 is 33.2 Å². The predicted molar refractivity (Wildman–Crippen MR) is 180 cm³/mol. The summed E-state index contributed by atoms with van der Waals surface area (Å²) in [6, 6.07) is 12.3. The first-order valence-electron chi connectivity index (χ1n) is 16.3. The molecule has 2 aromatic carbocycles. The number of carbonyl (C=O) groups excluding carboxylic acids is 1. The van der Waals surface area contributed by atoms with E-state index in [-0.39, 0.29) is 23.0 Å². The van der Waals surface area contributed by atoms with Crippen molar-refractivity contribution in [3.63, 3.8) is 0 Å². The highest BCUT2D eigenvalue weighted by Crippen LogP contribution is 2.49. The van der Waals surface area contributed by atoms with Crippen LogP contribution < -0.4 is 14.4 Å². The molecule has 1 aliphatic carbocycles. The van der Waals surface area contributed by atoms with Gasteiger partial charge in [-0.3, -0.25) is 9.78 Å². The van der Waals surface area contributed by atoms with Gasteiger partial charge in [-0.1, -0.05) is 36.7 Å². The van der Waals surface area contributed by atoms with E-state index >= 15 is 4.39 Å². The van der Waals surface area contributed by atoms with Crippen LogP contribution in [0.3, 0.4) is 0 Å². The number of hydrogen-bond donors (Lipinski definition) is 2. The second-order valence-electron chi connectivity index (χ2n) is 13.2. The number of carbonyl (C=O) groups is 1. The molecule has 11 heteroatoms. The third-order valence-electron chi connectivity index (χ3n) is 10.3. The van der Waals surface area contributed by atoms with Crippen LogP contribution in [0.25, 0.3) is 0 Å². The molecule has 8 nitrogen and oxygen atoms in total. The fourth-order valence-electron chi connectivity index (χ4n) is 7.08. The zero-order valence-corrected chi connectivity index (χ0v) is 28.2. The highest BCUT2D eigenvalue weighted by Gasteiger charge is 2.48. The van der Waals surface area contributed by atoms with Crippen molar-refractivity contribution in [2.45, 2.75) is 69.8 Å². The number of nitrogens with zero attached hydrogens (tertiary/aromatic N) is 2. The Bertz CT molecular complexity index is 1790. The predicted octanol–water partition coefficient (Wildman–Crippen LogP) is 6.55. The molecule has 0 unspecified atom stereocenters. The number of hydrogen-bond acceptors (Lipinski definition) is 7. The smallest absolute Gasteiger partial charge is 0.264 e. The van der Waals surface area contributed by atoms with Crippen LogP contribution in [-0.2, 0) is 28.7 Å². The number of aryl methyl sites for hydroxylation is 1. The number of nitrogens with one attached hydrogen (secondary N) is 1. The number of anilines is 1. The lowest BCUT2D eigenvalue weighted by atomic mass is 9.62. The van der Waals surface area contributed by atoms with Gasteiger partial charge >= 0.3 is 0 Å². The average molecular weight is 682 g/mol. The van der Waals surface area contributed by atoms with Gasteiger partial charge in [0, 0.05) is 41.4 Å². The van der Waals surface area contributed by atoms with Crippen LogP contribution >= 0.6 is 11.6 Å². The first kappa shape index (κ1) is 33.4. The van der Waals surface area contributed by atoms with Gasteiger partial charge in [-0.05, 0) is 105 Å². The van der Waals surface area contributed by atoms with E-state index in [2.05, 4.69) is 14.6 Å². The molecule has 1 fully saturated rings. The lowest BCUT2D eigenvalue weighted by molar-refractivity contribution is -0.0521. The number of halogens is 2. The Kier molecular flexibility index (Phi) is 9.65. The van der Waals surface area contributed by atoms with E-state index in [1.54, 1.807) is 44.2 Å². The van der Waals surface area contributed by atoms with Crippen molar-refractivity contribution in [3.8, 4) is 5.75 Å². The van der Waals surface area contributed by atoms with Crippen molar-refractivity contribution in [3.05, 3.63) is 100 Å². The molecule has 0 saturated heterocycles. The third-order valence-corrected chi connectivity index (χ3v) is 12.4. The van der Waals surface area contributed by atoms with Gasteiger partial charge in [0.2, 0.25) is 10.0 Å². The number of benzene rings is 2. The Morgan fingerprint density at radius 1 is 1.11 bits per heavy atom. The Hall–Kier alpha value is -3.47. The number of fused-ring (bicyclic) bond motifs is 3. The molecule has 6 rings (SSSR count). The Labute approximate surface area is 281 Å². The van der Waals surface area contributed by atoms with Crippen LogP contribution in [0.1, 0.15) is 73.0 Å². The zero-order chi connectivity index (χ0) is 33.3. The normalized spacial score (nSPS) is 28.7. The molecule has 3 aliphatic rings. The van der Waals surface area contributed by atoms with Gasteiger partial charge in [-0.25, -0.2) is 17.5 Å². The first-order valence-corrected chi connectivity index (χ1v) is 18.2. The van der Waals surface area contributed by atoms with Crippen molar-refractivity contribution in [1.82, 2.24) is 9.71 Å². The Balaban J connectivity index is 1.44. The summed E-state index contributed by atoms with van der Waals surface area (Å²) < 4.78 is 50.7. The average Bonchev–Trinajstić information content (AvgIpc) is 3.05. The molecular formula is C36H41ClFN3O5S. The minimum atomic E-state index is -4.05. The molecule has 1 amide bonds. The minimum Gasteiger partial charge on any atom is -0.487 e. The second-order valence-corrected chi connectivity index (χ2v) is 15.7. The maximum Gasteiger partial charge on any atom is 0.264 e. The van der Waals surface area contributed by atoms with E-state index in [1.165, 1.54) is 12.3 Å². The number of aliphatic hydroxyl groups is 1. The lowest BCUT2D eigenvalue weighted by Gasteiger charge is -2.48. The van der Waals surface area contributed by atoms with Gasteiger partial charge in [0.15, 0.2) is 0 Å². The molecule has 0 spiro atoms. The highest BCUT2D eigenvalue weighted by atomic mass is 35.5. The van der Waals surface area contributed by atoms with Gasteiger partial charge < -0.3 is 14.7 Å². The summed E-state index contributed by atoms with van der Waals surface area (Å²) in [5.74, 6) is -1.45. The van der Waals surface area contributed by atoms with E-state index in [9.17, 15) is 18.3 Å².